The second-order valence-electron chi connectivity index (χ2n) is 7.89. The molecule has 3 saturated carbocycles. The van der Waals surface area contributed by atoms with Gasteiger partial charge in [-0.05, 0) is 61.7 Å². The highest BCUT2D eigenvalue weighted by Crippen LogP contribution is 2.73. The number of ether oxygens (including phenoxy) is 1. The highest BCUT2D eigenvalue weighted by molar-refractivity contribution is 5.36. The quantitative estimate of drug-likeness (QED) is 0.543. The molecule has 110 valence electrons. The lowest BCUT2D eigenvalue weighted by atomic mass is 9.52. The van der Waals surface area contributed by atoms with E-state index in [1.54, 1.807) is 0 Å². The molecule has 2 nitrogen and oxygen atoms in total. The van der Waals surface area contributed by atoms with Crippen molar-refractivity contribution in [1.29, 1.82) is 0 Å². The van der Waals surface area contributed by atoms with Gasteiger partial charge >= 0.3 is 0 Å². The fourth-order valence-electron chi connectivity index (χ4n) is 6.84. The van der Waals surface area contributed by atoms with Crippen molar-refractivity contribution in [1.82, 2.24) is 5.32 Å². The Morgan fingerprint density at radius 3 is 3.05 bits per heavy atom. The molecule has 6 rings (SSSR count). The lowest BCUT2D eigenvalue weighted by molar-refractivity contribution is -0.0167. The van der Waals surface area contributed by atoms with Crippen molar-refractivity contribution >= 4 is 0 Å². The molecule has 1 N–H and O–H groups in total. The van der Waals surface area contributed by atoms with Crippen molar-refractivity contribution in [3.63, 3.8) is 0 Å². The second kappa shape index (κ2) is 3.70. The zero-order valence-electron chi connectivity index (χ0n) is 12.8. The highest BCUT2D eigenvalue weighted by atomic mass is 16.6. The smallest absolute Gasteiger partial charge is 0.0878 e. The zero-order chi connectivity index (χ0) is 13.5. The van der Waals surface area contributed by atoms with Crippen molar-refractivity contribution in [3.8, 4) is 0 Å². The molecule has 2 saturated heterocycles. The van der Waals surface area contributed by atoms with E-state index in [2.05, 4.69) is 17.5 Å². The number of hydrogen-bond donors (Lipinski definition) is 1. The maximum Gasteiger partial charge on any atom is 0.0878 e. The summed E-state index contributed by atoms with van der Waals surface area (Å²) < 4.78 is 6.04. The molecule has 7 unspecified atom stereocenters. The Balaban J connectivity index is 0.000000462. The van der Waals surface area contributed by atoms with Gasteiger partial charge in [0.1, 0.15) is 0 Å². The lowest BCUT2D eigenvalue weighted by Crippen LogP contribution is -2.51. The maximum absolute atomic E-state index is 6.04. The fourth-order valence-corrected chi connectivity index (χ4v) is 6.84. The van der Waals surface area contributed by atoms with Gasteiger partial charge in [0.05, 0.1) is 12.2 Å². The van der Waals surface area contributed by atoms with Crippen LogP contribution in [0.1, 0.15) is 52.4 Å². The molecule has 8 atom stereocenters. The predicted molar refractivity (Wildman–Crippen MR) is 79.4 cm³/mol. The van der Waals surface area contributed by atoms with Crippen LogP contribution in [0.4, 0.5) is 0 Å². The molecule has 0 amide bonds. The number of epoxide rings is 1. The summed E-state index contributed by atoms with van der Waals surface area (Å²) in [5, 5.41) is 3.88. The number of fused-ring (bicyclic) bond motifs is 4. The SMILES string of the molecule is C1=CC2C3N[C@@]34CC3CCC5OC5C3C2(CC1)C4.CC. The van der Waals surface area contributed by atoms with Crippen LogP contribution in [0.5, 0.6) is 0 Å². The summed E-state index contributed by atoms with van der Waals surface area (Å²) in [5.74, 6) is 2.71. The summed E-state index contributed by atoms with van der Waals surface area (Å²) in [4.78, 5) is 0. The molecule has 0 radical (unpaired) electrons. The standard InChI is InChI=1S/C16H21NO.C2H6/c1-2-6-15-8-16(14(17-16)10(15)3-1)7-9-4-5-11-13(18-11)12(9)15;1-2/h1,3,9-14,17H,2,4-8H2;1-2H3/t9?,10?,11?,12?,13?,14?,15?,16-;/m1./s1. The molecule has 2 bridgehead atoms. The lowest BCUT2D eigenvalue weighted by Gasteiger charge is -2.52. The number of allylic oxidation sites excluding steroid dienone is 1. The summed E-state index contributed by atoms with van der Waals surface area (Å²) in [5.41, 5.74) is 1.20. The summed E-state index contributed by atoms with van der Waals surface area (Å²) in [6.07, 6.45) is 14.8. The van der Waals surface area contributed by atoms with Gasteiger partial charge in [0.25, 0.3) is 0 Å². The second-order valence-corrected chi connectivity index (χ2v) is 7.89. The number of hydrogen-bond acceptors (Lipinski definition) is 2. The Kier molecular flexibility index (Phi) is 2.26. The van der Waals surface area contributed by atoms with Gasteiger partial charge in [-0.1, -0.05) is 26.0 Å². The van der Waals surface area contributed by atoms with Gasteiger partial charge in [-0.3, -0.25) is 0 Å². The van der Waals surface area contributed by atoms with Crippen molar-refractivity contribution in [3.05, 3.63) is 12.2 Å². The average molecular weight is 273 g/mol. The van der Waals surface area contributed by atoms with Gasteiger partial charge in [0, 0.05) is 11.6 Å². The van der Waals surface area contributed by atoms with Gasteiger partial charge in [-0.2, -0.15) is 0 Å². The number of nitrogens with one attached hydrogen (secondary N) is 1. The molecule has 0 aromatic heterocycles. The van der Waals surface area contributed by atoms with Gasteiger partial charge in [0.2, 0.25) is 0 Å². The molecule has 20 heavy (non-hydrogen) atoms. The van der Waals surface area contributed by atoms with E-state index in [4.69, 9.17) is 4.74 Å². The van der Waals surface area contributed by atoms with E-state index in [1.807, 2.05) is 13.8 Å². The third-order valence-corrected chi connectivity index (χ3v) is 7.34. The van der Waals surface area contributed by atoms with Gasteiger partial charge in [0.15, 0.2) is 0 Å². The molecule has 5 fully saturated rings. The topological polar surface area (TPSA) is 34.5 Å². The monoisotopic (exact) mass is 273 g/mol. The van der Waals surface area contributed by atoms with E-state index in [0.29, 0.717) is 23.2 Å². The van der Waals surface area contributed by atoms with E-state index in [-0.39, 0.29) is 0 Å². The van der Waals surface area contributed by atoms with Crippen LogP contribution in [0.3, 0.4) is 0 Å². The third kappa shape index (κ3) is 1.25. The van der Waals surface area contributed by atoms with Crippen molar-refractivity contribution in [2.45, 2.75) is 76.2 Å². The van der Waals surface area contributed by atoms with E-state index >= 15 is 0 Å². The minimum absolute atomic E-state index is 0.572. The number of piperidine rings is 1. The number of rotatable bonds is 0. The van der Waals surface area contributed by atoms with E-state index < -0.39 is 0 Å². The van der Waals surface area contributed by atoms with Crippen LogP contribution < -0.4 is 5.32 Å². The molecule has 6 aliphatic rings. The minimum atomic E-state index is 0.572. The van der Waals surface area contributed by atoms with Crippen LogP contribution in [0, 0.1) is 23.2 Å². The molecule has 2 heteroatoms. The molecular weight excluding hydrogens is 246 g/mol. The molecule has 0 aromatic carbocycles. The van der Waals surface area contributed by atoms with Crippen molar-refractivity contribution < 1.29 is 4.74 Å². The summed E-state index contributed by atoms with van der Waals surface area (Å²) in [6.45, 7) is 4.00. The first-order chi connectivity index (χ1) is 9.82. The van der Waals surface area contributed by atoms with Gasteiger partial charge in [-0.15, -0.1) is 0 Å². The van der Waals surface area contributed by atoms with E-state index in [0.717, 1.165) is 23.8 Å². The van der Waals surface area contributed by atoms with Crippen molar-refractivity contribution in [2.24, 2.45) is 23.2 Å². The Morgan fingerprint density at radius 2 is 2.15 bits per heavy atom. The molecule has 0 aromatic rings. The molecular formula is C18H27NO. The predicted octanol–water partition coefficient (Wildman–Crippen LogP) is 3.28. The van der Waals surface area contributed by atoms with Gasteiger partial charge in [-0.25, -0.2) is 0 Å². The van der Waals surface area contributed by atoms with Crippen LogP contribution in [-0.2, 0) is 4.74 Å². The van der Waals surface area contributed by atoms with Crippen LogP contribution >= 0.6 is 0 Å². The Labute approximate surface area is 122 Å². The van der Waals surface area contributed by atoms with Crippen molar-refractivity contribution in [2.75, 3.05) is 0 Å². The van der Waals surface area contributed by atoms with Crippen LogP contribution in [0.2, 0.25) is 0 Å². The Hall–Kier alpha value is -0.340. The van der Waals surface area contributed by atoms with E-state index in [9.17, 15) is 0 Å². The molecule has 4 aliphatic carbocycles. The largest absolute Gasteiger partial charge is 0.369 e. The maximum atomic E-state index is 6.04. The molecule has 2 heterocycles. The van der Waals surface area contributed by atoms with Gasteiger partial charge < -0.3 is 10.1 Å². The minimum Gasteiger partial charge on any atom is -0.369 e. The fraction of sp³-hybridized carbons (Fsp3) is 0.889. The van der Waals surface area contributed by atoms with E-state index in [1.165, 1.54) is 38.5 Å². The summed E-state index contributed by atoms with van der Waals surface area (Å²) >= 11 is 0. The van der Waals surface area contributed by atoms with Crippen LogP contribution in [-0.4, -0.2) is 23.8 Å². The Bertz CT molecular complexity index is 474. The summed E-state index contributed by atoms with van der Waals surface area (Å²) in [7, 11) is 0. The average Bonchev–Trinajstić information content (AvgIpc) is 3.37. The Morgan fingerprint density at radius 1 is 1.25 bits per heavy atom. The van der Waals surface area contributed by atoms with Crippen LogP contribution in [0.15, 0.2) is 12.2 Å². The molecule has 2 aliphatic heterocycles. The normalized spacial score (nSPS) is 63.1. The molecule has 2 spiro atoms. The third-order valence-electron chi connectivity index (χ3n) is 7.34. The highest BCUT2D eigenvalue weighted by Gasteiger charge is 2.78. The first-order valence-electron chi connectivity index (χ1n) is 8.92. The summed E-state index contributed by atoms with van der Waals surface area (Å²) in [6, 6.07) is 0.830. The first kappa shape index (κ1) is 12.2. The first-order valence-corrected chi connectivity index (χ1v) is 8.92. The van der Waals surface area contributed by atoms with Crippen LogP contribution in [0.25, 0.3) is 0 Å². The zero-order valence-corrected chi connectivity index (χ0v) is 12.8.